The summed E-state index contributed by atoms with van der Waals surface area (Å²) >= 11 is 0. The summed E-state index contributed by atoms with van der Waals surface area (Å²) in [5.74, 6) is 0.992. The molecule has 2 heterocycles. The van der Waals surface area contributed by atoms with E-state index in [1.807, 2.05) is 10.6 Å². The van der Waals surface area contributed by atoms with Gasteiger partial charge in [0.15, 0.2) is 5.65 Å². The zero-order valence-electron chi connectivity index (χ0n) is 10.8. The van der Waals surface area contributed by atoms with Gasteiger partial charge in [-0.1, -0.05) is 32.6 Å². The minimum Gasteiger partial charge on any atom is -0.286 e. The standard InChI is InChI=1S/C14H18N4/c1-2-3-4-5-6-7-13-16-17-14-10-12(11-15)8-9-18(13)14/h8-10H,2-7H2,1H3. The molecule has 0 aliphatic heterocycles. The fourth-order valence-corrected chi connectivity index (χ4v) is 2.07. The molecule has 4 heteroatoms. The second-order valence-corrected chi connectivity index (χ2v) is 4.54. The van der Waals surface area contributed by atoms with E-state index in [1.54, 1.807) is 12.1 Å². The van der Waals surface area contributed by atoms with Gasteiger partial charge in [0.25, 0.3) is 0 Å². The molecular formula is C14H18N4. The number of nitrogens with zero attached hydrogens (tertiary/aromatic N) is 4. The van der Waals surface area contributed by atoms with Crippen molar-refractivity contribution in [1.29, 1.82) is 5.26 Å². The number of rotatable bonds is 6. The van der Waals surface area contributed by atoms with Crippen LogP contribution in [0, 0.1) is 11.3 Å². The van der Waals surface area contributed by atoms with Crippen molar-refractivity contribution in [3.05, 3.63) is 29.7 Å². The average molecular weight is 242 g/mol. The molecule has 4 nitrogen and oxygen atoms in total. The monoisotopic (exact) mass is 242 g/mol. The third-order valence-corrected chi connectivity index (χ3v) is 3.11. The van der Waals surface area contributed by atoms with Crippen LogP contribution >= 0.6 is 0 Å². The number of unbranched alkanes of at least 4 members (excludes halogenated alkanes) is 4. The Labute approximate surface area is 107 Å². The van der Waals surface area contributed by atoms with E-state index in [4.69, 9.17) is 5.26 Å². The van der Waals surface area contributed by atoms with Crippen molar-refractivity contribution in [2.24, 2.45) is 0 Å². The molecule has 0 aliphatic carbocycles. The van der Waals surface area contributed by atoms with Gasteiger partial charge in [-0.2, -0.15) is 5.26 Å². The molecule has 0 unspecified atom stereocenters. The summed E-state index contributed by atoms with van der Waals surface area (Å²) in [5.41, 5.74) is 1.39. The van der Waals surface area contributed by atoms with Crippen molar-refractivity contribution >= 4 is 5.65 Å². The largest absolute Gasteiger partial charge is 0.286 e. The van der Waals surface area contributed by atoms with Gasteiger partial charge in [-0.05, 0) is 12.5 Å². The maximum Gasteiger partial charge on any atom is 0.162 e. The Bertz CT molecular complexity index is 550. The molecule has 0 aromatic carbocycles. The minimum atomic E-state index is 0.629. The molecule has 94 valence electrons. The third-order valence-electron chi connectivity index (χ3n) is 3.11. The van der Waals surface area contributed by atoms with Gasteiger partial charge in [0.1, 0.15) is 5.82 Å². The van der Waals surface area contributed by atoms with Crippen LogP contribution in [0.25, 0.3) is 5.65 Å². The van der Waals surface area contributed by atoms with Crippen molar-refractivity contribution in [2.45, 2.75) is 45.4 Å². The van der Waals surface area contributed by atoms with Gasteiger partial charge in [0.05, 0.1) is 11.6 Å². The van der Waals surface area contributed by atoms with Crippen LogP contribution in [-0.2, 0) is 6.42 Å². The van der Waals surface area contributed by atoms with E-state index in [0.717, 1.165) is 24.3 Å². The normalized spacial score (nSPS) is 10.7. The summed E-state index contributed by atoms with van der Waals surface area (Å²) in [5, 5.41) is 17.1. The summed E-state index contributed by atoms with van der Waals surface area (Å²) in [6.07, 6.45) is 9.12. The van der Waals surface area contributed by atoms with Crippen molar-refractivity contribution in [2.75, 3.05) is 0 Å². The lowest BCUT2D eigenvalue weighted by Crippen LogP contribution is -1.95. The molecule has 0 N–H and O–H groups in total. The second-order valence-electron chi connectivity index (χ2n) is 4.54. The van der Waals surface area contributed by atoms with Gasteiger partial charge >= 0.3 is 0 Å². The molecule has 0 spiro atoms. The third kappa shape index (κ3) is 2.86. The maximum absolute atomic E-state index is 8.82. The summed E-state index contributed by atoms with van der Waals surface area (Å²) in [6.45, 7) is 2.22. The molecule has 2 aromatic heterocycles. The number of hydrogen-bond acceptors (Lipinski definition) is 3. The summed E-state index contributed by atoms with van der Waals surface area (Å²) in [6, 6.07) is 5.69. The Morgan fingerprint density at radius 2 is 2.06 bits per heavy atom. The second kappa shape index (κ2) is 6.15. The van der Waals surface area contributed by atoms with E-state index in [1.165, 1.54) is 25.7 Å². The predicted molar refractivity (Wildman–Crippen MR) is 70.2 cm³/mol. The van der Waals surface area contributed by atoms with E-state index in [0.29, 0.717) is 5.56 Å². The van der Waals surface area contributed by atoms with Crippen molar-refractivity contribution in [3.8, 4) is 6.07 Å². The molecule has 18 heavy (non-hydrogen) atoms. The SMILES string of the molecule is CCCCCCCc1nnc2cc(C#N)ccn12. The molecule has 0 amide bonds. The highest BCUT2D eigenvalue weighted by Gasteiger charge is 2.05. The lowest BCUT2D eigenvalue weighted by molar-refractivity contribution is 0.620. The highest BCUT2D eigenvalue weighted by molar-refractivity contribution is 5.45. The Hall–Kier alpha value is -1.89. The van der Waals surface area contributed by atoms with E-state index in [-0.39, 0.29) is 0 Å². The van der Waals surface area contributed by atoms with Crippen LogP contribution in [0.2, 0.25) is 0 Å². The number of fused-ring (bicyclic) bond motifs is 1. The van der Waals surface area contributed by atoms with Crippen molar-refractivity contribution in [3.63, 3.8) is 0 Å². The maximum atomic E-state index is 8.82. The molecule has 0 saturated heterocycles. The van der Waals surface area contributed by atoms with E-state index in [2.05, 4.69) is 23.2 Å². The van der Waals surface area contributed by atoms with Crippen LogP contribution in [0.5, 0.6) is 0 Å². The highest BCUT2D eigenvalue weighted by Crippen LogP contribution is 2.10. The van der Waals surface area contributed by atoms with Crippen molar-refractivity contribution < 1.29 is 0 Å². The Balaban J connectivity index is 1.99. The lowest BCUT2D eigenvalue weighted by Gasteiger charge is -2.00. The first-order valence-corrected chi connectivity index (χ1v) is 6.59. The number of aromatic nitrogens is 3. The first-order chi connectivity index (χ1) is 8.85. The van der Waals surface area contributed by atoms with E-state index < -0.39 is 0 Å². The smallest absolute Gasteiger partial charge is 0.162 e. The minimum absolute atomic E-state index is 0.629. The molecule has 0 fully saturated rings. The molecule has 2 rings (SSSR count). The number of hydrogen-bond donors (Lipinski definition) is 0. The first kappa shape index (κ1) is 12.6. The van der Waals surface area contributed by atoms with Gasteiger partial charge in [0.2, 0.25) is 0 Å². The summed E-state index contributed by atoms with van der Waals surface area (Å²) in [7, 11) is 0. The Morgan fingerprint density at radius 3 is 2.83 bits per heavy atom. The zero-order valence-corrected chi connectivity index (χ0v) is 10.8. The lowest BCUT2D eigenvalue weighted by atomic mass is 10.1. The summed E-state index contributed by atoms with van der Waals surface area (Å²) in [4.78, 5) is 0. The molecule has 0 aliphatic rings. The van der Waals surface area contributed by atoms with Crippen LogP contribution in [0.3, 0.4) is 0 Å². The Kier molecular flexibility index (Phi) is 4.30. The van der Waals surface area contributed by atoms with E-state index >= 15 is 0 Å². The quantitative estimate of drug-likeness (QED) is 0.731. The van der Waals surface area contributed by atoms with Crippen LogP contribution in [0.15, 0.2) is 18.3 Å². The fourth-order valence-electron chi connectivity index (χ4n) is 2.07. The topological polar surface area (TPSA) is 54.0 Å². The van der Waals surface area contributed by atoms with E-state index in [9.17, 15) is 0 Å². The van der Waals surface area contributed by atoms with Gasteiger partial charge in [0, 0.05) is 18.7 Å². The van der Waals surface area contributed by atoms with Crippen molar-refractivity contribution in [1.82, 2.24) is 14.6 Å². The zero-order chi connectivity index (χ0) is 12.8. The van der Waals surface area contributed by atoms with Crippen LogP contribution < -0.4 is 0 Å². The van der Waals surface area contributed by atoms with Crippen LogP contribution in [0.1, 0.15) is 50.4 Å². The molecular weight excluding hydrogens is 224 g/mol. The van der Waals surface area contributed by atoms with Gasteiger partial charge < -0.3 is 0 Å². The first-order valence-electron chi connectivity index (χ1n) is 6.59. The highest BCUT2D eigenvalue weighted by atomic mass is 15.2. The average Bonchev–Trinajstić information content (AvgIpc) is 2.81. The number of nitriles is 1. The van der Waals surface area contributed by atoms with Gasteiger partial charge in [-0.15, -0.1) is 10.2 Å². The number of pyridine rings is 1. The van der Waals surface area contributed by atoms with Gasteiger partial charge in [-0.25, -0.2) is 0 Å². The molecule has 0 bridgehead atoms. The Morgan fingerprint density at radius 1 is 1.22 bits per heavy atom. The molecule has 0 radical (unpaired) electrons. The van der Waals surface area contributed by atoms with Crippen LogP contribution in [0.4, 0.5) is 0 Å². The molecule has 2 aromatic rings. The van der Waals surface area contributed by atoms with Crippen LogP contribution in [-0.4, -0.2) is 14.6 Å². The number of aryl methyl sites for hydroxylation is 1. The molecule has 0 atom stereocenters. The fraction of sp³-hybridized carbons (Fsp3) is 0.500. The summed E-state index contributed by atoms with van der Waals surface area (Å²) < 4.78 is 1.97. The predicted octanol–water partition coefficient (Wildman–Crippen LogP) is 3.11. The van der Waals surface area contributed by atoms with Gasteiger partial charge in [-0.3, -0.25) is 4.40 Å². The molecule has 0 saturated carbocycles.